The summed E-state index contributed by atoms with van der Waals surface area (Å²) >= 11 is 0. The number of amides is 2. The maximum Gasteiger partial charge on any atom is 0.330 e. The van der Waals surface area contributed by atoms with Gasteiger partial charge in [0, 0.05) is 23.5 Å². The van der Waals surface area contributed by atoms with E-state index in [0.717, 1.165) is 42.7 Å². The number of carbonyl (C=O) groups excluding carboxylic acids is 1. The molecule has 1 saturated heterocycles. The minimum absolute atomic E-state index is 0.0699. The second-order valence-corrected chi connectivity index (χ2v) is 8.29. The zero-order valence-corrected chi connectivity index (χ0v) is 17.1. The molecule has 1 aliphatic carbocycles. The lowest BCUT2D eigenvalue weighted by molar-refractivity contribution is -0.456. The quantitative estimate of drug-likeness (QED) is 0.475. The van der Waals surface area contributed by atoms with Gasteiger partial charge in [-0.2, -0.15) is 10.5 Å². The van der Waals surface area contributed by atoms with Crippen molar-refractivity contribution in [3.8, 4) is 0 Å². The number of rotatable bonds is 3. The molecular formula is C25H23N5O. The first-order valence-corrected chi connectivity index (χ1v) is 10.8. The van der Waals surface area contributed by atoms with Crippen LogP contribution in [0.1, 0.15) is 25.7 Å². The molecule has 0 spiro atoms. The molecule has 2 fully saturated rings. The van der Waals surface area contributed by atoms with Crippen LogP contribution >= 0.6 is 0 Å². The fourth-order valence-corrected chi connectivity index (χ4v) is 5.31. The average Bonchev–Trinajstić information content (AvgIpc) is 3.28. The third-order valence-corrected chi connectivity index (χ3v) is 6.60. The predicted molar refractivity (Wildman–Crippen MR) is 119 cm³/mol. The fourth-order valence-electron chi connectivity index (χ4n) is 5.31. The third kappa shape index (κ3) is 2.42. The summed E-state index contributed by atoms with van der Waals surface area (Å²) in [5, 5.41) is 5.18. The highest BCUT2D eigenvalue weighted by atomic mass is 16.2. The van der Waals surface area contributed by atoms with E-state index in [9.17, 15) is 4.79 Å². The van der Waals surface area contributed by atoms with Crippen LogP contribution in [0.25, 0.3) is 5.43 Å². The molecule has 0 aromatic heterocycles. The Bertz CT molecular complexity index is 1150. The molecule has 6 nitrogen and oxygen atoms in total. The van der Waals surface area contributed by atoms with Crippen LogP contribution in [0.3, 0.4) is 0 Å². The molecule has 0 bridgehead atoms. The molecule has 2 unspecified atom stereocenters. The number of para-hydroxylation sites is 3. The number of benzene rings is 3. The van der Waals surface area contributed by atoms with Crippen molar-refractivity contribution in [3.63, 3.8) is 0 Å². The Morgan fingerprint density at radius 2 is 1.29 bits per heavy atom. The number of hydrogen-bond acceptors (Lipinski definition) is 2. The SMILES string of the molecule is O=C1N(c2ccccc2)C23CCCCC2([N-][N+](c2ccccc2)=N3)N1c1ccccc1. The third-order valence-electron chi connectivity index (χ3n) is 6.60. The largest absolute Gasteiger partial charge is 0.330 e. The molecular weight excluding hydrogens is 386 g/mol. The van der Waals surface area contributed by atoms with Gasteiger partial charge >= 0.3 is 6.03 Å². The first-order chi connectivity index (χ1) is 15.3. The monoisotopic (exact) mass is 409 g/mol. The van der Waals surface area contributed by atoms with Gasteiger partial charge in [-0.25, -0.2) is 4.79 Å². The van der Waals surface area contributed by atoms with Gasteiger partial charge in [-0.05, 0) is 37.1 Å². The van der Waals surface area contributed by atoms with E-state index in [1.165, 1.54) is 0 Å². The summed E-state index contributed by atoms with van der Waals surface area (Å²) in [5.41, 5.74) is 6.23. The lowest BCUT2D eigenvalue weighted by Gasteiger charge is -2.47. The van der Waals surface area contributed by atoms with Crippen molar-refractivity contribution in [2.45, 2.75) is 37.0 Å². The fraction of sp³-hybridized carbons (Fsp3) is 0.240. The van der Waals surface area contributed by atoms with E-state index in [2.05, 4.69) is 0 Å². The molecule has 2 amide bonds. The number of azo groups is 1. The summed E-state index contributed by atoms with van der Waals surface area (Å²) < 4.78 is 0. The molecule has 3 aliphatic rings. The topological polar surface area (TPSA) is 53.0 Å². The first-order valence-electron chi connectivity index (χ1n) is 10.8. The van der Waals surface area contributed by atoms with Gasteiger partial charge in [-0.3, -0.25) is 9.80 Å². The van der Waals surface area contributed by atoms with Gasteiger partial charge in [0.15, 0.2) is 0 Å². The Morgan fingerprint density at radius 1 is 0.742 bits per heavy atom. The number of urea groups is 1. The van der Waals surface area contributed by atoms with Crippen molar-refractivity contribution >= 4 is 23.1 Å². The smallest absolute Gasteiger partial charge is 0.281 e. The van der Waals surface area contributed by atoms with Gasteiger partial charge in [-0.1, -0.05) is 67.4 Å². The van der Waals surface area contributed by atoms with E-state index in [4.69, 9.17) is 10.5 Å². The summed E-state index contributed by atoms with van der Waals surface area (Å²) in [4.78, 5) is 19.5. The van der Waals surface area contributed by atoms with Crippen LogP contribution in [0.15, 0.2) is 96.1 Å². The molecule has 2 heterocycles. The van der Waals surface area contributed by atoms with Crippen molar-refractivity contribution in [1.82, 2.24) is 0 Å². The summed E-state index contributed by atoms with van der Waals surface area (Å²) in [6, 6.07) is 29.7. The van der Waals surface area contributed by atoms with Crippen molar-refractivity contribution < 1.29 is 9.60 Å². The van der Waals surface area contributed by atoms with Crippen molar-refractivity contribution in [2.75, 3.05) is 9.80 Å². The summed E-state index contributed by atoms with van der Waals surface area (Å²) in [5.74, 6) is 0. The highest BCUT2D eigenvalue weighted by Crippen LogP contribution is 2.60. The van der Waals surface area contributed by atoms with Crippen LogP contribution in [0, 0.1) is 0 Å². The van der Waals surface area contributed by atoms with Crippen LogP contribution in [-0.2, 0) is 0 Å². The molecule has 6 heteroatoms. The lowest BCUT2D eigenvalue weighted by Crippen LogP contribution is -2.59. The summed E-state index contributed by atoms with van der Waals surface area (Å²) in [6.07, 6.45) is 3.54. The van der Waals surface area contributed by atoms with Gasteiger partial charge in [0.25, 0.3) is 0 Å². The van der Waals surface area contributed by atoms with Crippen molar-refractivity contribution in [1.29, 1.82) is 0 Å². The molecule has 3 aromatic carbocycles. The van der Waals surface area contributed by atoms with Crippen LogP contribution in [0.4, 0.5) is 21.9 Å². The predicted octanol–water partition coefficient (Wildman–Crippen LogP) is 6.20. The maximum atomic E-state index is 14.0. The molecule has 31 heavy (non-hydrogen) atoms. The molecule has 2 aliphatic heterocycles. The van der Waals surface area contributed by atoms with Crippen LogP contribution in [0.5, 0.6) is 0 Å². The molecule has 1 saturated carbocycles. The lowest BCUT2D eigenvalue weighted by atomic mass is 9.79. The van der Waals surface area contributed by atoms with E-state index >= 15 is 0 Å². The van der Waals surface area contributed by atoms with Gasteiger partial charge in [-0.15, -0.1) is 4.81 Å². The van der Waals surface area contributed by atoms with E-state index < -0.39 is 11.3 Å². The van der Waals surface area contributed by atoms with E-state index in [-0.39, 0.29) is 6.03 Å². The van der Waals surface area contributed by atoms with Crippen molar-refractivity contribution in [3.05, 3.63) is 96.4 Å². The van der Waals surface area contributed by atoms with Crippen molar-refractivity contribution in [2.24, 2.45) is 5.11 Å². The van der Waals surface area contributed by atoms with Gasteiger partial charge in [0.2, 0.25) is 5.69 Å². The van der Waals surface area contributed by atoms with Gasteiger partial charge in [0.05, 0.1) is 0 Å². The van der Waals surface area contributed by atoms with Crippen LogP contribution in [0.2, 0.25) is 0 Å². The Kier molecular flexibility index (Phi) is 3.90. The zero-order chi connectivity index (χ0) is 20.9. The highest BCUT2D eigenvalue weighted by Gasteiger charge is 2.70. The van der Waals surface area contributed by atoms with E-state index in [0.29, 0.717) is 0 Å². The molecule has 6 rings (SSSR count). The van der Waals surface area contributed by atoms with Gasteiger partial charge in [0.1, 0.15) is 11.3 Å². The number of nitrogens with zero attached hydrogens (tertiary/aromatic N) is 5. The molecule has 154 valence electrons. The second kappa shape index (κ2) is 6.67. The van der Waals surface area contributed by atoms with Crippen LogP contribution in [-0.4, -0.2) is 22.2 Å². The number of hydrogen-bond donors (Lipinski definition) is 0. The number of anilines is 2. The highest BCUT2D eigenvalue weighted by molar-refractivity contribution is 6.10. The molecule has 2 atom stereocenters. The first kappa shape index (κ1) is 18.1. The average molecular weight is 409 g/mol. The second-order valence-electron chi connectivity index (χ2n) is 8.29. The van der Waals surface area contributed by atoms with E-state index in [1.54, 1.807) is 4.81 Å². The summed E-state index contributed by atoms with van der Waals surface area (Å²) in [6.45, 7) is 0. The number of carbonyl (C=O) groups is 1. The Labute approximate surface area is 181 Å². The van der Waals surface area contributed by atoms with Gasteiger partial charge < -0.3 is 0 Å². The Morgan fingerprint density at radius 3 is 1.94 bits per heavy atom. The Hall–Kier alpha value is -3.67. The minimum atomic E-state index is -0.782. The Balaban J connectivity index is 1.60. The van der Waals surface area contributed by atoms with Crippen LogP contribution < -0.4 is 9.80 Å². The minimum Gasteiger partial charge on any atom is -0.281 e. The maximum absolute atomic E-state index is 14.0. The summed E-state index contributed by atoms with van der Waals surface area (Å²) in [7, 11) is 0. The van der Waals surface area contributed by atoms with E-state index in [1.807, 2.05) is 101 Å². The molecule has 3 aromatic rings. The zero-order valence-electron chi connectivity index (χ0n) is 17.1. The standard InChI is InChI=1S/C25H23N5O/c31-23-28(20-12-4-1-5-13-20)24-18-10-11-19-25(24,29(23)21-14-6-2-7-15-21)27-30(26-24)22-16-8-3-9-17-22/h1-9,12-17H,10-11,18-19H2. The molecule has 0 N–H and O–H groups in total. The normalized spacial score (nSPS) is 26.8. The molecule has 0 radical (unpaired) electrons.